The number of rotatable bonds is 10. The Kier molecular flexibility index (Phi) is 8.68. The van der Waals surface area contributed by atoms with Crippen molar-refractivity contribution >= 4 is 29.4 Å². The van der Waals surface area contributed by atoms with Gasteiger partial charge in [-0.15, -0.1) is 0 Å². The fourth-order valence-corrected chi connectivity index (χ4v) is 3.19. The Bertz CT molecular complexity index is 888. The van der Waals surface area contributed by atoms with Gasteiger partial charge in [0.15, 0.2) is 0 Å². The van der Waals surface area contributed by atoms with Crippen molar-refractivity contribution in [1.82, 2.24) is 10.6 Å². The third kappa shape index (κ3) is 7.08. The molecule has 0 aliphatic carbocycles. The molecule has 7 nitrogen and oxygen atoms in total. The summed E-state index contributed by atoms with van der Waals surface area (Å²) in [6.45, 7) is 1.85. The second-order valence-electron chi connectivity index (χ2n) is 6.83. The molecule has 0 spiro atoms. The molecule has 3 N–H and O–H groups in total. The van der Waals surface area contributed by atoms with Crippen LogP contribution in [0.2, 0.25) is 5.02 Å². The summed E-state index contributed by atoms with van der Waals surface area (Å²) in [5.74, 6) is -1.48. The van der Waals surface area contributed by atoms with Crippen molar-refractivity contribution in [3.8, 4) is 5.75 Å². The predicted octanol–water partition coefficient (Wildman–Crippen LogP) is 3.12. The van der Waals surface area contributed by atoms with E-state index >= 15 is 0 Å². The molecular formula is C22H25ClN2O5. The van der Waals surface area contributed by atoms with Crippen LogP contribution in [0.15, 0.2) is 48.5 Å². The second kappa shape index (κ2) is 11.2. The fraction of sp³-hybridized carbons (Fsp3) is 0.318. The van der Waals surface area contributed by atoms with E-state index in [4.69, 9.17) is 16.3 Å². The summed E-state index contributed by atoms with van der Waals surface area (Å²) in [7, 11) is 1.48. The quantitative estimate of drug-likeness (QED) is 0.535. The van der Waals surface area contributed by atoms with Crippen LogP contribution >= 0.6 is 11.6 Å². The van der Waals surface area contributed by atoms with E-state index in [2.05, 4.69) is 10.6 Å². The molecule has 0 saturated heterocycles. The van der Waals surface area contributed by atoms with Gasteiger partial charge in [0.2, 0.25) is 11.8 Å². The summed E-state index contributed by atoms with van der Waals surface area (Å²) < 4.78 is 5.07. The van der Waals surface area contributed by atoms with Crippen molar-refractivity contribution in [3.63, 3.8) is 0 Å². The summed E-state index contributed by atoms with van der Waals surface area (Å²) >= 11 is 6.06. The molecule has 0 aliphatic rings. The number of carbonyl (C=O) groups excluding carboxylic acids is 2. The molecule has 0 bridgehead atoms. The first-order valence-electron chi connectivity index (χ1n) is 9.49. The normalized spacial score (nSPS) is 12.5. The van der Waals surface area contributed by atoms with E-state index in [0.29, 0.717) is 16.3 Å². The van der Waals surface area contributed by atoms with Gasteiger partial charge >= 0.3 is 5.97 Å². The minimum atomic E-state index is -1.17. The summed E-state index contributed by atoms with van der Waals surface area (Å²) in [5, 5.41) is 15.1. The Hall–Kier alpha value is -3.06. The molecule has 0 radical (unpaired) electrons. The first-order chi connectivity index (χ1) is 14.3. The highest BCUT2D eigenvalue weighted by Gasteiger charge is 2.21. The van der Waals surface area contributed by atoms with Crippen LogP contribution in [0.1, 0.15) is 36.9 Å². The summed E-state index contributed by atoms with van der Waals surface area (Å²) in [5.41, 5.74) is 1.60. The molecule has 2 amide bonds. The van der Waals surface area contributed by atoms with E-state index in [1.54, 1.807) is 18.2 Å². The Morgan fingerprint density at radius 3 is 2.23 bits per heavy atom. The lowest BCUT2D eigenvalue weighted by atomic mass is 10.1. The van der Waals surface area contributed by atoms with Crippen LogP contribution < -0.4 is 15.4 Å². The monoisotopic (exact) mass is 432 g/mol. The predicted molar refractivity (Wildman–Crippen MR) is 114 cm³/mol. The zero-order valence-electron chi connectivity index (χ0n) is 16.9. The number of amides is 2. The molecule has 0 unspecified atom stereocenters. The van der Waals surface area contributed by atoms with E-state index in [9.17, 15) is 19.5 Å². The molecule has 0 aliphatic heterocycles. The van der Waals surface area contributed by atoms with Crippen LogP contribution in [0.25, 0.3) is 0 Å². The van der Waals surface area contributed by atoms with Gasteiger partial charge in [0, 0.05) is 19.3 Å². The largest absolute Gasteiger partial charge is 0.495 e. The van der Waals surface area contributed by atoms with Gasteiger partial charge in [-0.2, -0.15) is 0 Å². The van der Waals surface area contributed by atoms with Gasteiger partial charge in [-0.25, -0.2) is 4.79 Å². The number of hydrogen-bond donors (Lipinski definition) is 3. The minimum Gasteiger partial charge on any atom is -0.495 e. The van der Waals surface area contributed by atoms with Crippen LogP contribution in [0.3, 0.4) is 0 Å². The first kappa shape index (κ1) is 23.2. The Labute approximate surface area is 180 Å². The van der Waals surface area contributed by atoms with Crippen LogP contribution in [0, 0.1) is 0 Å². The lowest BCUT2D eigenvalue weighted by Gasteiger charge is -2.16. The molecule has 0 heterocycles. The lowest BCUT2D eigenvalue weighted by molar-refractivity contribution is -0.141. The van der Waals surface area contributed by atoms with Crippen molar-refractivity contribution in [3.05, 3.63) is 64.7 Å². The van der Waals surface area contributed by atoms with Crippen LogP contribution in [-0.4, -0.2) is 36.0 Å². The summed E-state index contributed by atoms with van der Waals surface area (Å²) in [6.07, 6.45) is -0.0910. The van der Waals surface area contributed by atoms with Crippen molar-refractivity contribution in [2.75, 3.05) is 7.11 Å². The zero-order valence-corrected chi connectivity index (χ0v) is 17.6. The van der Waals surface area contributed by atoms with Gasteiger partial charge in [0.1, 0.15) is 11.8 Å². The van der Waals surface area contributed by atoms with Crippen LogP contribution in [0.5, 0.6) is 5.75 Å². The van der Waals surface area contributed by atoms with Gasteiger partial charge in [0.05, 0.1) is 18.2 Å². The molecule has 8 heteroatoms. The van der Waals surface area contributed by atoms with Crippen LogP contribution in [0.4, 0.5) is 0 Å². The van der Waals surface area contributed by atoms with E-state index in [-0.39, 0.29) is 31.2 Å². The SMILES string of the molecule is COc1ccc(C[C@H](NC(=O)CCC(=O)N[C@H](C)c2ccccc2)C(=O)O)cc1Cl. The average molecular weight is 433 g/mol. The maximum atomic E-state index is 12.2. The number of methoxy groups -OCH3 is 1. The molecule has 160 valence electrons. The third-order valence-corrected chi connectivity index (χ3v) is 4.84. The Morgan fingerprint density at radius 2 is 1.67 bits per heavy atom. The number of halogens is 1. The summed E-state index contributed by atoms with van der Waals surface area (Å²) in [6, 6.07) is 13.1. The van der Waals surface area contributed by atoms with Gasteiger partial charge in [0.25, 0.3) is 0 Å². The highest BCUT2D eigenvalue weighted by molar-refractivity contribution is 6.32. The van der Waals surface area contributed by atoms with Crippen molar-refractivity contribution < 1.29 is 24.2 Å². The third-order valence-electron chi connectivity index (χ3n) is 4.55. The molecule has 2 aromatic rings. The zero-order chi connectivity index (χ0) is 22.1. The van der Waals surface area contributed by atoms with Gasteiger partial charge in [-0.3, -0.25) is 9.59 Å². The smallest absolute Gasteiger partial charge is 0.326 e. The maximum Gasteiger partial charge on any atom is 0.326 e. The van der Waals surface area contributed by atoms with Crippen molar-refractivity contribution in [2.24, 2.45) is 0 Å². The molecule has 0 fully saturated rings. The molecule has 2 atom stereocenters. The fourth-order valence-electron chi connectivity index (χ4n) is 2.90. The number of carboxylic acids is 1. The minimum absolute atomic E-state index is 0.0380. The Morgan fingerprint density at radius 1 is 1.03 bits per heavy atom. The number of ether oxygens (including phenoxy) is 1. The van der Waals surface area contributed by atoms with E-state index < -0.39 is 17.9 Å². The topological polar surface area (TPSA) is 105 Å². The lowest BCUT2D eigenvalue weighted by Crippen LogP contribution is -2.42. The van der Waals surface area contributed by atoms with E-state index in [1.165, 1.54) is 7.11 Å². The van der Waals surface area contributed by atoms with E-state index in [1.807, 2.05) is 37.3 Å². The van der Waals surface area contributed by atoms with Crippen LogP contribution in [-0.2, 0) is 20.8 Å². The van der Waals surface area contributed by atoms with Gasteiger partial charge in [-0.05, 0) is 30.2 Å². The number of nitrogens with one attached hydrogen (secondary N) is 2. The average Bonchev–Trinajstić information content (AvgIpc) is 2.72. The highest BCUT2D eigenvalue weighted by Crippen LogP contribution is 2.25. The number of aliphatic carboxylic acids is 1. The molecule has 0 aromatic heterocycles. The number of carboxylic acid groups (broad SMARTS) is 1. The molecule has 2 aromatic carbocycles. The number of carbonyl (C=O) groups is 3. The van der Waals surface area contributed by atoms with Crippen molar-refractivity contribution in [1.29, 1.82) is 0 Å². The number of benzene rings is 2. The van der Waals surface area contributed by atoms with Gasteiger partial charge in [-0.1, -0.05) is 48.0 Å². The molecule has 30 heavy (non-hydrogen) atoms. The standard InChI is InChI=1S/C22H25ClN2O5/c1-14(16-6-4-3-5-7-16)24-20(26)10-11-21(27)25-18(22(28)29)13-15-8-9-19(30-2)17(23)12-15/h3-9,12,14,18H,10-11,13H2,1-2H3,(H,24,26)(H,25,27)(H,28,29)/t14-,18+/m1/s1. The maximum absolute atomic E-state index is 12.2. The van der Waals surface area contributed by atoms with E-state index in [0.717, 1.165) is 5.56 Å². The molecule has 0 saturated carbocycles. The highest BCUT2D eigenvalue weighted by atomic mass is 35.5. The van der Waals surface area contributed by atoms with Gasteiger partial charge < -0.3 is 20.5 Å². The molecular weight excluding hydrogens is 408 g/mol. The molecule has 2 rings (SSSR count). The number of hydrogen-bond acceptors (Lipinski definition) is 4. The second-order valence-corrected chi connectivity index (χ2v) is 7.24. The Balaban J connectivity index is 1.85. The van der Waals surface area contributed by atoms with Crippen molar-refractivity contribution in [2.45, 2.75) is 38.3 Å². The first-order valence-corrected chi connectivity index (χ1v) is 9.86. The summed E-state index contributed by atoms with van der Waals surface area (Å²) in [4.78, 5) is 35.8.